The monoisotopic (exact) mass is 193 g/mol. The number of benzene rings is 1. The summed E-state index contributed by atoms with van der Waals surface area (Å²) in [6.45, 7) is 2.67. The zero-order valence-corrected chi connectivity index (χ0v) is 8.32. The zero-order chi connectivity index (χ0) is 10.4. The van der Waals surface area contributed by atoms with E-state index in [1.54, 1.807) is 0 Å². The van der Waals surface area contributed by atoms with Crippen molar-refractivity contribution in [3.8, 4) is 0 Å². The SMILES string of the molecule is Cc1ccccc1COC(=O)CCN. The van der Waals surface area contributed by atoms with Gasteiger partial charge in [-0.2, -0.15) is 0 Å². The Morgan fingerprint density at radius 2 is 2.14 bits per heavy atom. The summed E-state index contributed by atoms with van der Waals surface area (Å²) in [5.41, 5.74) is 7.40. The van der Waals surface area contributed by atoms with Gasteiger partial charge in [0.05, 0.1) is 6.42 Å². The van der Waals surface area contributed by atoms with Crippen LogP contribution < -0.4 is 5.73 Å². The number of hydrogen-bond donors (Lipinski definition) is 1. The lowest BCUT2D eigenvalue weighted by Gasteiger charge is -2.06. The fourth-order valence-electron chi connectivity index (χ4n) is 1.12. The van der Waals surface area contributed by atoms with E-state index in [0.717, 1.165) is 11.1 Å². The summed E-state index contributed by atoms with van der Waals surface area (Å²) in [4.78, 5) is 11.0. The van der Waals surface area contributed by atoms with Crippen LogP contribution in [0.5, 0.6) is 0 Å². The first-order chi connectivity index (χ1) is 6.74. The van der Waals surface area contributed by atoms with E-state index in [1.165, 1.54) is 0 Å². The van der Waals surface area contributed by atoms with Crippen molar-refractivity contribution in [1.82, 2.24) is 0 Å². The van der Waals surface area contributed by atoms with Gasteiger partial charge in [-0.1, -0.05) is 24.3 Å². The van der Waals surface area contributed by atoms with E-state index in [0.29, 0.717) is 13.2 Å². The first-order valence-electron chi connectivity index (χ1n) is 4.64. The molecule has 0 fully saturated rings. The summed E-state index contributed by atoms with van der Waals surface area (Å²) < 4.78 is 5.03. The van der Waals surface area contributed by atoms with E-state index in [1.807, 2.05) is 31.2 Å². The molecule has 0 aromatic heterocycles. The first kappa shape index (κ1) is 10.7. The highest BCUT2D eigenvalue weighted by molar-refractivity contribution is 5.69. The molecule has 2 N–H and O–H groups in total. The van der Waals surface area contributed by atoms with Crippen molar-refractivity contribution in [3.63, 3.8) is 0 Å². The summed E-state index contributed by atoms with van der Waals surface area (Å²) in [6.07, 6.45) is 0.284. The number of carbonyl (C=O) groups is 1. The average molecular weight is 193 g/mol. The Labute approximate surface area is 83.9 Å². The molecule has 0 radical (unpaired) electrons. The van der Waals surface area contributed by atoms with Crippen LogP contribution in [0, 0.1) is 6.92 Å². The minimum atomic E-state index is -0.240. The van der Waals surface area contributed by atoms with Crippen molar-refractivity contribution in [2.75, 3.05) is 6.54 Å². The predicted molar refractivity (Wildman–Crippen MR) is 54.6 cm³/mol. The molecule has 1 aromatic carbocycles. The number of nitrogens with two attached hydrogens (primary N) is 1. The van der Waals surface area contributed by atoms with Gasteiger partial charge in [0.1, 0.15) is 6.61 Å². The molecule has 14 heavy (non-hydrogen) atoms. The number of hydrogen-bond acceptors (Lipinski definition) is 3. The van der Waals surface area contributed by atoms with Gasteiger partial charge in [0.2, 0.25) is 0 Å². The molecule has 76 valence electrons. The molecule has 3 nitrogen and oxygen atoms in total. The maximum Gasteiger partial charge on any atom is 0.307 e. The average Bonchev–Trinajstić information content (AvgIpc) is 2.17. The number of carbonyl (C=O) groups excluding carboxylic acids is 1. The maximum atomic E-state index is 11.0. The van der Waals surface area contributed by atoms with Gasteiger partial charge in [-0.3, -0.25) is 4.79 Å². The normalized spacial score (nSPS) is 9.86. The van der Waals surface area contributed by atoms with Gasteiger partial charge in [-0.05, 0) is 18.1 Å². The highest BCUT2D eigenvalue weighted by atomic mass is 16.5. The Balaban J connectivity index is 2.46. The third-order valence-electron chi connectivity index (χ3n) is 2.00. The van der Waals surface area contributed by atoms with Crippen molar-refractivity contribution in [3.05, 3.63) is 35.4 Å². The molecule has 0 saturated heterocycles. The molecule has 0 spiro atoms. The van der Waals surface area contributed by atoms with Crippen LogP contribution in [0.1, 0.15) is 17.5 Å². The largest absolute Gasteiger partial charge is 0.461 e. The van der Waals surface area contributed by atoms with Crippen molar-refractivity contribution in [2.45, 2.75) is 20.0 Å². The van der Waals surface area contributed by atoms with Crippen molar-refractivity contribution < 1.29 is 9.53 Å². The van der Waals surface area contributed by atoms with Crippen LogP contribution >= 0.6 is 0 Å². The van der Waals surface area contributed by atoms with Crippen LogP contribution in [0.4, 0.5) is 0 Å². The minimum absolute atomic E-state index is 0.240. The van der Waals surface area contributed by atoms with Gasteiger partial charge in [-0.15, -0.1) is 0 Å². The summed E-state index contributed by atoms with van der Waals surface area (Å²) in [5, 5.41) is 0. The minimum Gasteiger partial charge on any atom is -0.461 e. The van der Waals surface area contributed by atoms with Crippen LogP contribution in [0.25, 0.3) is 0 Å². The van der Waals surface area contributed by atoms with E-state index >= 15 is 0 Å². The molecule has 0 aliphatic rings. The highest BCUT2D eigenvalue weighted by Crippen LogP contribution is 2.08. The molecule has 0 amide bonds. The molecule has 0 saturated carbocycles. The number of aryl methyl sites for hydroxylation is 1. The van der Waals surface area contributed by atoms with E-state index in [4.69, 9.17) is 10.5 Å². The van der Waals surface area contributed by atoms with Crippen molar-refractivity contribution >= 4 is 5.97 Å². The van der Waals surface area contributed by atoms with Crippen LogP contribution in [0.3, 0.4) is 0 Å². The maximum absolute atomic E-state index is 11.0. The Hall–Kier alpha value is -1.35. The zero-order valence-electron chi connectivity index (χ0n) is 8.32. The van der Waals surface area contributed by atoms with Gasteiger partial charge in [-0.25, -0.2) is 0 Å². The fourth-order valence-corrected chi connectivity index (χ4v) is 1.12. The van der Waals surface area contributed by atoms with E-state index < -0.39 is 0 Å². The van der Waals surface area contributed by atoms with Crippen LogP contribution in [-0.2, 0) is 16.1 Å². The standard InChI is InChI=1S/C11H15NO2/c1-9-4-2-3-5-10(9)8-14-11(13)6-7-12/h2-5H,6-8,12H2,1H3. The Morgan fingerprint density at radius 3 is 2.79 bits per heavy atom. The van der Waals surface area contributed by atoms with Gasteiger partial charge >= 0.3 is 5.97 Å². The third-order valence-corrected chi connectivity index (χ3v) is 2.00. The first-order valence-corrected chi connectivity index (χ1v) is 4.64. The second kappa shape index (κ2) is 5.40. The molecule has 0 aliphatic carbocycles. The summed E-state index contributed by atoms with van der Waals surface area (Å²) in [6, 6.07) is 7.83. The smallest absolute Gasteiger partial charge is 0.307 e. The van der Waals surface area contributed by atoms with Gasteiger partial charge in [0.25, 0.3) is 0 Å². The molecule has 0 aliphatic heterocycles. The van der Waals surface area contributed by atoms with Crippen LogP contribution in [0.2, 0.25) is 0 Å². The lowest BCUT2D eigenvalue weighted by Crippen LogP contribution is -2.11. The van der Waals surface area contributed by atoms with Gasteiger partial charge in [0.15, 0.2) is 0 Å². The lowest BCUT2D eigenvalue weighted by atomic mass is 10.1. The lowest BCUT2D eigenvalue weighted by molar-refractivity contribution is -0.144. The van der Waals surface area contributed by atoms with Crippen molar-refractivity contribution in [2.24, 2.45) is 5.73 Å². The molecule has 0 heterocycles. The quantitative estimate of drug-likeness (QED) is 0.735. The summed E-state index contributed by atoms with van der Waals surface area (Å²) >= 11 is 0. The van der Waals surface area contributed by atoms with Gasteiger partial charge in [0, 0.05) is 6.54 Å². The number of ether oxygens (including phenoxy) is 1. The Bertz CT molecular complexity index is 310. The molecule has 0 atom stereocenters. The van der Waals surface area contributed by atoms with E-state index in [9.17, 15) is 4.79 Å². The third kappa shape index (κ3) is 3.18. The van der Waals surface area contributed by atoms with Crippen LogP contribution in [0.15, 0.2) is 24.3 Å². The Morgan fingerprint density at radius 1 is 1.43 bits per heavy atom. The topological polar surface area (TPSA) is 52.3 Å². The molecule has 0 unspecified atom stereocenters. The van der Waals surface area contributed by atoms with Crippen molar-refractivity contribution in [1.29, 1.82) is 0 Å². The van der Waals surface area contributed by atoms with E-state index in [-0.39, 0.29) is 12.4 Å². The Kier molecular flexibility index (Phi) is 4.13. The van der Waals surface area contributed by atoms with Crippen LogP contribution in [-0.4, -0.2) is 12.5 Å². The molecular formula is C11H15NO2. The summed E-state index contributed by atoms with van der Waals surface area (Å²) in [5.74, 6) is -0.240. The number of rotatable bonds is 4. The highest BCUT2D eigenvalue weighted by Gasteiger charge is 2.02. The van der Waals surface area contributed by atoms with Gasteiger partial charge < -0.3 is 10.5 Å². The second-order valence-electron chi connectivity index (χ2n) is 3.13. The molecule has 0 bridgehead atoms. The molecular weight excluding hydrogens is 178 g/mol. The predicted octanol–water partition coefficient (Wildman–Crippen LogP) is 1.39. The molecule has 3 heteroatoms. The molecule has 1 aromatic rings. The fraction of sp³-hybridized carbons (Fsp3) is 0.364. The second-order valence-corrected chi connectivity index (χ2v) is 3.13. The number of esters is 1. The summed E-state index contributed by atoms with van der Waals surface area (Å²) in [7, 11) is 0. The molecule has 1 rings (SSSR count). The van der Waals surface area contributed by atoms with E-state index in [2.05, 4.69) is 0 Å².